The Morgan fingerprint density at radius 3 is 2.09 bits per heavy atom. The SMILES string of the molecule is CC(=O)O[C@H]1[C@@H]2CO[C@@H]2[C@@H]2OCOCCOC(=O)O[C@H]3C(=O)[C@@]2(C)[C@@H]1[C@H](OC(=O)c1ccccc1)[C@]1(O)C[C@H](OC(=O)[C@H](O)[C@@H](NC(=O)c2ccccc2)c2ccccc2)C(C)=C3C1(C)C. The van der Waals surface area contributed by atoms with Crippen molar-refractivity contribution in [1.82, 2.24) is 5.32 Å². The minimum atomic E-state index is -2.38. The quantitative estimate of drug-likeness (QED) is 0.155. The Balaban J connectivity index is 1.29. The molecule has 2 saturated heterocycles. The van der Waals surface area contributed by atoms with Crippen molar-refractivity contribution in [3.63, 3.8) is 0 Å². The average Bonchev–Trinajstić information content (AvgIpc) is 3.28. The van der Waals surface area contributed by atoms with Crippen molar-refractivity contribution in [2.24, 2.45) is 22.7 Å². The fourth-order valence-electron chi connectivity index (χ4n) is 10.6. The van der Waals surface area contributed by atoms with Gasteiger partial charge in [0.15, 0.2) is 18.0 Å². The molecule has 2 aliphatic heterocycles. The van der Waals surface area contributed by atoms with Gasteiger partial charge in [-0.05, 0) is 54.8 Å². The molecule has 8 rings (SSSR count). The summed E-state index contributed by atoms with van der Waals surface area (Å²) in [6, 6.07) is 23.1. The van der Waals surface area contributed by atoms with Gasteiger partial charge in [-0.2, -0.15) is 0 Å². The molecule has 3 aromatic carbocycles. The number of carbonyl (C=O) groups excluding carboxylic acids is 6. The van der Waals surface area contributed by atoms with E-state index < -0.39 is 126 Å². The third-order valence-electron chi connectivity index (χ3n) is 14.1. The molecule has 350 valence electrons. The summed E-state index contributed by atoms with van der Waals surface area (Å²) in [5.74, 6) is -6.40. The summed E-state index contributed by atoms with van der Waals surface area (Å²) < 4.78 is 48.1. The van der Waals surface area contributed by atoms with E-state index in [-0.39, 0.29) is 42.1 Å². The molecule has 0 spiro atoms. The monoisotopic (exact) mass is 911 g/mol. The van der Waals surface area contributed by atoms with Gasteiger partial charge in [-0.25, -0.2) is 14.4 Å². The number of nitrogens with one attached hydrogen (secondary N) is 1. The topological polar surface area (TPSA) is 229 Å². The maximum atomic E-state index is 16.0. The van der Waals surface area contributed by atoms with Crippen LogP contribution < -0.4 is 5.32 Å². The Morgan fingerprint density at radius 2 is 1.47 bits per heavy atom. The molecular weight excluding hydrogens is 859 g/mol. The molecule has 0 aromatic heterocycles. The Bertz CT molecular complexity index is 2370. The number of cyclic esters (lactones) is 1. The molecular formula is C49H53NO16. The van der Waals surface area contributed by atoms with Gasteiger partial charge >= 0.3 is 24.1 Å². The highest BCUT2D eigenvalue weighted by atomic mass is 16.7. The Kier molecular flexibility index (Phi) is 12.9. The summed E-state index contributed by atoms with van der Waals surface area (Å²) in [4.78, 5) is 85.1. The highest BCUT2D eigenvalue weighted by Gasteiger charge is 2.75. The molecule has 17 heteroatoms. The van der Waals surface area contributed by atoms with Crippen LogP contribution in [0.3, 0.4) is 0 Å². The smallest absolute Gasteiger partial charge is 0.462 e. The number of carbonyl (C=O) groups is 6. The second-order valence-electron chi connectivity index (χ2n) is 18.1. The van der Waals surface area contributed by atoms with E-state index in [4.69, 9.17) is 37.9 Å². The number of esters is 3. The molecule has 2 heterocycles. The lowest BCUT2D eigenvalue weighted by molar-refractivity contribution is -0.320. The van der Waals surface area contributed by atoms with Crippen LogP contribution in [0.15, 0.2) is 102 Å². The van der Waals surface area contributed by atoms with E-state index in [1.54, 1.807) is 92.7 Å². The van der Waals surface area contributed by atoms with Crippen LogP contribution in [0.1, 0.15) is 73.4 Å². The second kappa shape index (κ2) is 18.4. The molecule has 66 heavy (non-hydrogen) atoms. The summed E-state index contributed by atoms with van der Waals surface area (Å²) >= 11 is 0. The lowest BCUT2D eigenvalue weighted by atomic mass is 9.46. The molecule has 2 saturated carbocycles. The molecule has 4 fully saturated rings. The van der Waals surface area contributed by atoms with Gasteiger partial charge in [0.2, 0.25) is 0 Å². The summed E-state index contributed by atoms with van der Waals surface area (Å²) in [6.07, 6.45) is -12.4. The Labute approximate surface area is 380 Å². The first-order valence-electron chi connectivity index (χ1n) is 21.8. The molecule has 1 amide bonds. The molecule has 3 aliphatic carbocycles. The first-order chi connectivity index (χ1) is 31.5. The van der Waals surface area contributed by atoms with Crippen molar-refractivity contribution in [2.75, 3.05) is 26.6 Å². The first kappa shape index (κ1) is 46.5. The normalized spacial score (nSPS) is 32.3. The minimum Gasteiger partial charge on any atom is -0.462 e. The lowest BCUT2D eigenvalue weighted by Crippen LogP contribution is -2.78. The highest BCUT2D eigenvalue weighted by molar-refractivity contribution is 5.96. The number of hydrogen-bond donors (Lipinski definition) is 3. The molecule has 5 aliphatic rings. The zero-order valence-electron chi connectivity index (χ0n) is 37.1. The first-order valence-corrected chi connectivity index (χ1v) is 21.8. The predicted molar refractivity (Wildman–Crippen MR) is 228 cm³/mol. The fraction of sp³-hybridized carbons (Fsp3) is 0.469. The molecule has 0 unspecified atom stereocenters. The molecule has 3 N–H and O–H groups in total. The third-order valence-corrected chi connectivity index (χ3v) is 14.1. The van der Waals surface area contributed by atoms with Crippen LogP contribution in [-0.2, 0) is 52.3 Å². The van der Waals surface area contributed by atoms with E-state index in [2.05, 4.69) is 5.32 Å². The standard InChI is InChI=1S/C49H53NO16/c1-26-32(64-45(56)36(52)35(28-15-9-6-10-16-28)50-43(54)29-17-11-7-12-18-29)23-49(58)41(66-44(55)30-19-13-8-14-20-30)34-37(63-27(2)51)31-24-61-38(31)42-48(34,5)40(53)39(33(26)47(49,3)4)65-46(57)60-22-21-59-25-62-42/h6-20,31-32,34-39,41-42,52,58H,21-25H2,1-5H3,(H,50,54)/t31-,32-,34-,35-,36+,37-,38-,39+,41-,42-,48+,49+/m0/s1. The molecule has 17 nitrogen and oxygen atoms in total. The van der Waals surface area contributed by atoms with E-state index in [1.807, 2.05) is 0 Å². The van der Waals surface area contributed by atoms with Crippen molar-refractivity contribution in [2.45, 2.75) is 95.4 Å². The summed E-state index contributed by atoms with van der Waals surface area (Å²) in [5, 5.41) is 28.5. The molecule has 4 bridgehead atoms. The van der Waals surface area contributed by atoms with Gasteiger partial charge in [0.05, 0.1) is 48.4 Å². The number of Topliss-reactive ketones (excluding diaryl/α,β-unsaturated/α-hetero) is 1. The van der Waals surface area contributed by atoms with Crippen LogP contribution in [0, 0.1) is 22.7 Å². The van der Waals surface area contributed by atoms with E-state index >= 15 is 4.79 Å². The average molecular weight is 912 g/mol. The van der Waals surface area contributed by atoms with Crippen LogP contribution >= 0.6 is 0 Å². The zero-order chi connectivity index (χ0) is 47.1. The van der Waals surface area contributed by atoms with Crippen LogP contribution in [-0.4, -0.2) is 121 Å². The largest absolute Gasteiger partial charge is 0.509 e. The van der Waals surface area contributed by atoms with Gasteiger partial charge in [0.1, 0.15) is 37.3 Å². The summed E-state index contributed by atoms with van der Waals surface area (Å²) in [6.45, 7) is 6.61. The van der Waals surface area contributed by atoms with Crippen LogP contribution in [0.4, 0.5) is 4.79 Å². The maximum Gasteiger partial charge on any atom is 0.509 e. The number of benzene rings is 3. The van der Waals surface area contributed by atoms with Gasteiger partial charge in [-0.1, -0.05) is 80.6 Å². The number of hydrogen-bond acceptors (Lipinski definition) is 16. The second-order valence-corrected chi connectivity index (χ2v) is 18.1. The van der Waals surface area contributed by atoms with Crippen LogP contribution in [0.25, 0.3) is 0 Å². The predicted octanol–water partition coefficient (Wildman–Crippen LogP) is 4.19. The van der Waals surface area contributed by atoms with E-state index in [9.17, 15) is 34.2 Å². The zero-order valence-corrected chi connectivity index (χ0v) is 37.1. The van der Waals surface area contributed by atoms with Crippen molar-refractivity contribution >= 4 is 35.8 Å². The van der Waals surface area contributed by atoms with Gasteiger partial charge in [0.25, 0.3) is 5.91 Å². The number of amides is 1. The lowest BCUT2D eigenvalue weighted by Gasteiger charge is -2.65. The summed E-state index contributed by atoms with van der Waals surface area (Å²) in [5.41, 5.74) is -5.19. The number of aliphatic hydroxyl groups is 2. The number of rotatable bonds is 9. The molecule has 0 radical (unpaired) electrons. The van der Waals surface area contributed by atoms with Crippen molar-refractivity contribution < 1.29 is 76.9 Å². The Hall–Kier alpha value is -5.98. The van der Waals surface area contributed by atoms with Gasteiger partial charge in [-0.15, -0.1) is 0 Å². The number of fused-ring (bicyclic) bond motifs is 6. The van der Waals surface area contributed by atoms with E-state index in [0.29, 0.717) is 5.56 Å². The van der Waals surface area contributed by atoms with Crippen molar-refractivity contribution in [3.05, 3.63) is 119 Å². The number of aliphatic hydroxyl groups excluding tert-OH is 1. The minimum absolute atomic E-state index is 0.0179. The van der Waals surface area contributed by atoms with E-state index in [0.717, 1.165) is 0 Å². The van der Waals surface area contributed by atoms with Gasteiger partial charge in [-0.3, -0.25) is 14.4 Å². The molecule has 3 aromatic rings. The molecule has 12 atom stereocenters. The van der Waals surface area contributed by atoms with Crippen LogP contribution in [0.5, 0.6) is 0 Å². The summed E-state index contributed by atoms with van der Waals surface area (Å²) in [7, 11) is 0. The maximum absolute atomic E-state index is 16.0. The third kappa shape index (κ3) is 8.16. The van der Waals surface area contributed by atoms with E-state index in [1.165, 1.54) is 32.9 Å². The number of ketones is 1. The van der Waals surface area contributed by atoms with Gasteiger partial charge < -0.3 is 53.4 Å². The van der Waals surface area contributed by atoms with Crippen molar-refractivity contribution in [1.29, 1.82) is 0 Å². The number of ether oxygens (including phenoxy) is 8. The Morgan fingerprint density at radius 1 is 0.833 bits per heavy atom. The van der Waals surface area contributed by atoms with Crippen LogP contribution in [0.2, 0.25) is 0 Å². The van der Waals surface area contributed by atoms with Gasteiger partial charge in [0, 0.05) is 30.2 Å². The highest BCUT2D eigenvalue weighted by Crippen LogP contribution is 2.63. The van der Waals surface area contributed by atoms with Crippen molar-refractivity contribution in [3.8, 4) is 0 Å². The fourth-order valence-corrected chi connectivity index (χ4v) is 10.6.